The van der Waals surface area contributed by atoms with Crippen LogP contribution in [0.15, 0.2) is 116 Å². The standard InChI is InChI=1S/C33H35NO4/c1-2-3-18-30(35)32(38-24-27-19-20-28-16-10-11-17-29(28)21-27)31(36)33(37)34(22-25-12-6-4-7-13-25)23-26-14-8-5-9-15-26/h2,4-17,19-21,30-32,35-36H,1,3,18,22-24H2. The van der Waals surface area contributed by atoms with E-state index in [1.165, 1.54) is 0 Å². The highest BCUT2D eigenvalue weighted by Crippen LogP contribution is 2.21. The molecule has 0 aliphatic carbocycles. The van der Waals surface area contributed by atoms with Crippen LogP contribution < -0.4 is 0 Å². The minimum atomic E-state index is -1.54. The van der Waals surface area contributed by atoms with Gasteiger partial charge in [-0.25, -0.2) is 0 Å². The lowest BCUT2D eigenvalue weighted by atomic mass is 10.0. The fourth-order valence-corrected chi connectivity index (χ4v) is 4.53. The molecule has 0 aliphatic rings. The number of ether oxygens (including phenoxy) is 1. The van der Waals surface area contributed by atoms with Crippen molar-refractivity contribution in [2.45, 2.75) is 50.8 Å². The monoisotopic (exact) mass is 509 g/mol. The molecule has 3 unspecified atom stereocenters. The normalized spacial score (nSPS) is 13.5. The highest BCUT2D eigenvalue weighted by Gasteiger charge is 2.35. The summed E-state index contributed by atoms with van der Waals surface area (Å²) in [6, 6.07) is 33.4. The summed E-state index contributed by atoms with van der Waals surface area (Å²) < 4.78 is 6.09. The molecular formula is C33H35NO4. The number of carbonyl (C=O) groups excluding carboxylic acids is 1. The number of hydrogen-bond acceptors (Lipinski definition) is 4. The van der Waals surface area contributed by atoms with E-state index in [-0.39, 0.29) is 6.61 Å². The molecule has 38 heavy (non-hydrogen) atoms. The summed E-state index contributed by atoms with van der Waals surface area (Å²) in [6.45, 7) is 4.53. The third-order valence-electron chi connectivity index (χ3n) is 6.61. The molecule has 5 nitrogen and oxygen atoms in total. The Labute approximate surface area is 224 Å². The fraction of sp³-hybridized carbons (Fsp3) is 0.242. The first-order chi connectivity index (χ1) is 18.5. The second-order valence-corrected chi connectivity index (χ2v) is 9.50. The van der Waals surface area contributed by atoms with Gasteiger partial charge in [-0.2, -0.15) is 0 Å². The molecule has 0 aromatic heterocycles. The van der Waals surface area contributed by atoms with Gasteiger partial charge in [-0.15, -0.1) is 6.58 Å². The molecule has 4 rings (SSSR count). The number of aliphatic hydroxyl groups excluding tert-OH is 2. The third kappa shape index (κ3) is 7.39. The zero-order valence-corrected chi connectivity index (χ0v) is 21.5. The van der Waals surface area contributed by atoms with Crippen LogP contribution in [-0.4, -0.2) is 39.3 Å². The number of fused-ring (bicyclic) bond motifs is 1. The van der Waals surface area contributed by atoms with E-state index in [1.54, 1.807) is 11.0 Å². The van der Waals surface area contributed by atoms with E-state index in [1.807, 2.05) is 103 Å². The van der Waals surface area contributed by atoms with Crippen LogP contribution in [0.5, 0.6) is 0 Å². The van der Waals surface area contributed by atoms with Gasteiger partial charge >= 0.3 is 0 Å². The second-order valence-electron chi connectivity index (χ2n) is 9.50. The average Bonchev–Trinajstić information content (AvgIpc) is 2.96. The average molecular weight is 510 g/mol. The number of hydrogen-bond donors (Lipinski definition) is 2. The summed E-state index contributed by atoms with van der Waals surface area (Å²) in [5.41, 5.74) is 2.80. The molecule has 0 radical (unpaired) electrons. The Balaban J connectivity index is 1.55. The summed E-state index contributed by atoms with van der Waals surface area (Å²) in [4.78, 5) is 15.3. The summed E-state index contributed by atoms with van der Waals surface area (Å²) in [5, 5.41) is 24.5. The smallest absolute Gasteiger partial charge is 0.254 e. The zero-order chi connectivity index (χ0) is 26.7. The Bertz CT molecular complexity index is 1270. The predicted molar refractivity (Wildman–Crippen MR) is 151 cm³/mol. The van der Waals surface area contributed by atoms with Crippen LogP contribution in [0.2, 0.25) is 0 Å². The molecule has 196 valence electrons. The largest absolute Gasteiger partial charge is 0.390 e. The van der Waals surface area contributed by atoms with Crippen molar-refractivity contribution in [3.63, 3.8) is 0 Å². The van der Waals surface area contributed by atoms with Crippen molar-refractivity contribution in [1.82, 2.24) is 4.90 Å². The lowest BCUT2D eigenvalue weighted by Gasteiger charge is -2.31. The molecule has 0 spiro atoms. The molecule has 0 fully saturated rings. The molecule has 0 bridgehead atoms. The van der Waals surface area contributed by atoms with E-state index in [9.17, 15) is 15.0 Å². The Kier molecular flexibility index (Phi) is 9.82. The summed E-state index contributed by atoms with van der Waals surface area (Å²) in [6.07, 6.45) is -1.11. The molecular weight excluding hydrogens is 474 g/mol. The maximum atomic E-state index is 13.7. The minimum absolute atomic E-state index is 0.155. The molecule has 0 saturated carbocycles. The molecule has 0 saturated heterocycles. The SMILES string of the molecule is C=CCCC(O)C(OCc1ccc2ccccc2c1)C(O)C(=O)N(Cc1ccccc1)Cc1ccccc1. The summed E-state index contributed by atoms with van der Waals surface area (Å²) >= 11 is 0. The Morgan fingerprint density at radius 3 is 1.97 bits per heavy atom. The van der Waals surface area contributed by atoms with Gasteiger partial charge in [0.1, 0.15) is 6.10 Å². The predicted octanol–water partition coefficient (Wildman–Crippen LogP) is 5.64. The first-order valence-corrected chi connectivity index (χ1v) is 13.0. The molecule has 4 aromatic rings. The second kappa shape index (κ2) is 13.7. The van der Waals surface area contributed by atoms with Gasteiger partial charge in [0.05, 0.1) is 12.7 Å². The van der Waals surface area contributed by atoms with Gasteiger partial charge in [-0.3, -0.25) is 4.79 Å². The zero-order valence-electron chi connectivity index (χ0n) is 21.5. The number of rotatable bonds is 13. The van der Waals surface area contributed by atoms with Crippen molar-refractivity contribution < 1.29 is 19.7 Å². The fourth-order valence-electron chi connectivity index (χ4n) is 4.53. The summed E-state index contributed by atoms with van der Waals surface area (Å²) in [5.74, 6) is -0.487. The van der Waals surface area contributed by atoms with Crippen molar-refractivity contribution in [2.24, 2.45) is 0 Å². The van der Waals surface area contributed by atoms with Crippen LogP contribution in [-0.2, 0) is 29.2 Å². The first kappa shape index (κ1) is 27.3. The van der Waals surface area contributed by atoms with E-state index in [0.29, 0.717) is 25.9 Å². The van der Waals surface area contributed by atoms with E-state index < -0.39 is 24.2 Å². The quantitative estimate of drug-likeness (QED) is 0.229. The Morgan fingerprint density at radius 1 is 0.789 bits per heavy atom. The molecule has 3 atom stereocenters. The van der Waals surface area contributed by atoms with Crippen LogP contribution in [0.4, 0.5) is 0 Å². The molecule has 1 amide bonds. The van der Waals surface area contributed by atoms with E-state index in [4.69, 9.17) is 4.74 Å². The highest BCUT2D eigenvalue weighted by atomic mass is 16.5. The van der Waals surface area contributed by atoms with Crippen LogP contribution in [0, 0.1) is 0 Å². The van der Waals surface area contributed by atoms with Crippen molar-refractivity contribution >= 4 is 16.7 Å². The van der Waals surface area contributed by atoms with Gasteiger partial charge in [0.15, 0.2) is 6.10 Å². The van der Waals surface area contributed by atoms with Crippen molar-refractivity contribution in [1.29, 1.82) is 0 Å². The third-order valence-corrected chi connectivity index (χ3v) is 6.61. The van der Waals surface area contributed by atoms with Gasteiger partial charge in [0.2, 0.25) is 0 Å². The van der Waals surface area contributed by atoms with E-state index in [2.05, 4.69) is 6.58 Å². The molecule has 4 aromatic carbocycles. The molecule has 0 aliphatic heterocycles. The number of aliphatic hydroxyl groups is 2. The van der Waals surface area contributed by atoms with Crippen LogP contribution in [0.3, 0.4) is 0 Å². The van der Waals surface area contributed by atoms with Crippen molar-refractivity contribution in [3.8, 4) is 0 Å². The van der Waals surface area contributed by atoms with Gasteiger partial charge in [0, 0.05) is 13.1 Å². The van der Waals surface area contributed by atoms with Crippen LogP contribution in [0.25, 0.3) is 10.8 Å². The van der Waals surface area contributed by atoms with Crippen LogP contribution >= 0.6 is 0 Å². The van der Waals surface area contributed by atoms with Crippen molar-refractivity contribution in [2.75, 3.05) is 0 Å². The lowest BCUT2D eigenvalue weighted by Crippen LogP contribution is -2.49. The molecule has 0 heterocycles. The molecule has 2 N–H and O–H groups in total. The summed E-state index contributed by atoms with van der Waals surface area (Å²) in [7, 11) is 0. The Hall–Kier alpha value is -3.77. The number of allylic oxidation sites excluding steroid dienone is 1. The van der Waals surface area contributed by atoms with E-state index >= 15 is 0 Å². The van der Waals surface area contributed by atoms with Gasteiger partial charge < -0.3 is 19.8 Å². The van der Waals surface area contributed by atoms with Gasteiger partial charge in [0.25, 0.3) is 5.91 Å². The minimum Gasteiger partial charge on any atom is -0.390 e. The number of amides is 1. The van der Waals surface area contributed by atoms with Gasteiger partial charge in [-0.05, 0) is 46.4 Å². The number of benzene rings is 4. The van der Waals surface area contributed by atoms with Gasteiger partial charge in [-0.1, -0.05) is 103 Å². The van der Waals surface area contributed by atoms with Crippen molar-refractivity contribution in [3.05, 3.63) is 132 Å². The maximum Gasteiger partial charge on any atom is 0.254 e. The van der Waals surface area contributed by atoms with E-state index in [0.717, 1.165) is 27.5 Å². The lowest BCUT2D eigenvalue weighted by molar-refractivity contribution is -0.160. The topological polar surface area (TPSA) is 70.0 Å². The molecule has 5 heteroatoms. The Morgan fingerprint density at radius 2 is 1.37 bits per heavy atom. The highest BCUT2D eigenvalue weighted by molar-refractivity contribution is 5.83. The maximum absolute atomic E-state index is 13.7. The first-order valence-electron chi connectivity index (χ1n) is 13.0. The number of carbonyl (C=O) groups is 1. The van der Waals surface area contributed by atoms with Crippen LogP contribution in [0.1, 0.15) is 29.5 Å². The number of nitrogens with zero attached hydrogens (tertiary/aromatic N) is 1.